The molecule has 0 bridgehead atoms. The highest BCUT2D eigenvalue weighted by Crippen LogP contribution is 2.28. The Kier molecular flexibility index (Phi) is 3.79. The molecule has 0 aliphatic carbocycles. The van der Waals surface area contributed by atoms with Crippen molar-refractivity contribution in [3.63, 3.8) is 0 Å². The lowest BCUT2D eigenvalue weighted by atomic mass is 10.1. The summed E-state index contributed by atoms with van der Waals surface area (Å²) in [7, 11) is 0. The summed E-state index contributed by atoms with van der Waals surface area (Å²) in [5, 5.41) is 0. The number of carbonyl (C=O) groups excluding carboxylic acids is 1. The minimum absolute atomic E-state index is 0.188. The molecule has 0 aliphatic rings. The van der Waals surface area contributed by atoms with Crippen LogP contribution in [0.2, 0.25) is 0 Å². The Morgan fingerprint density at radius 3 is 2.41 bits per heavy atom. The molecule has 0 N–H and O–H groups in total. The first-order valence-corrected chi connectivity index (χ1v) is 7.02. The molecule has 0 unspecified atom stereocenters. The molecule has 3 heteroatoms. The summed E-state index contributed by atoms with van der Waals surface area (Å²) in [5.41, 5.74) is 3.42. The molecule has 0 radical (unpaired) electrons. The quantitative estimate of drug-likeness (QED) is 0.760. The van der Waals surface area contributed by atoms with E-state index in [0.717, 1.165) is 19.8 Å². The SMILES string of the molecule is Cc1ccc(CC(=O)c2cc(C)c(Br)s2)cc1. The highest BCUT2D eigenvalue weighted by molar-refractivity contribution is 9.11. The van der Waals surface area contributed by atoms with Crippen LogP contribution in [0.5, 0.6) is 0 Å². The van der Waals surface area contributed by atoms with Crippen molar-refractivity contribution in [1.82, 2.24) is 0 Å². The molecule has 1 aromatic carbocycles. The highest BCUT2D eigenvalue weighted by Gasteiger charge is 2.11. The largest absolute Gasteiger partial charge is 0.293 e. The normalized spacial score (nSPS) is 10.5. The van der Waals surface area contributed by atoms with Gasteiger partial charge < -0.3 is 0 Å². The fourth-order valence-corrected chi connectivity index (χ4v) is 3.05. The lowest BCUT2D eigenvalue weighted by Crippen LogP contribution is -2.00. The topological polar surface area (TPSA) is 17.1 Å². The van der Waals surface area contributed by atoms with E-state index in [0.29, 0.717) is 6.42 Å². The van der Waals surface area contributed by atoms with Crippen molar-refractivity contribution in [1.29, 1.82) is 0 Å². The summed E-state index contributed by atoms with van der Waals surface area (Å²) < 4.78 is 1.05. The predicted molar refractivity (Wildman–Crippen MR) is 76.0 cm³/mol. The van der Waals surface area contributed by atoms with Crippen LogP contribution in [0.4, 0.5) is 0 Å². The van der Waals surface area contributed by atoms with Crippen LogP contribution >= 0.6 is 27.3 Å². The molecule has 1 aromatic heterocycles. The molecule has 2 rings (SSSR count). The maximum atomic E-state index is 12.1. The Bertz CT molecular complexity index is 520. The number of Topliss-reactive ketones (excluding diaryl/α,β-unsaturated/α-hetero) is 1. The summed E-state index contributed by atoms with van der Waals surface area (Å²) in [4.78, 5) is 12.9. The molecule has 17 heavy (non-hydrogen) atoms. The smallest absolute Gasteiger partial charge is 0.177 e. The van der Waals surface area contributed by atoms with Crippen molar-refractivity contribution >= 4 is 33.0 Å². The van der Waals surface area contributed by atoms with Gasteiger partial charge in [-0.2, -0.15) is 0 Å². The third-order valence-electron chi connectivity index (χ3n) is 2.62. The number of ketones is 1. The van der Waals surface area contributed by atoms with Gasteiger partial charge in [-0.1, -0.05) is 29.8 Å². The molecule has 0 atom stereocenters. The van der Waals surface area contributed by atoms with Crippen LogP contribution in [0.15, 0.2) is 34.1 Å². The lowest BCUT2D eigenvalue weighted by molar-refractivity contribution is 0.0997. The highest BCUT2D eigenvalue weighted by atomic mass is 79.9. The zero-order valence-corrected chi connectivity index (χ0v) is 12.2. The molecule has 0 fully saturated rings. The second-order valence-electron chi connectivity index (χ2n) is 4.15. The molecule has 1 nitrogen and oxygen atoms in total. The van der Waals surface area contributed by atoms with Gasteiger partial charge in [0.05, 0.1) is 8.66 Å². The molecule has 1 heterocycles. The van der Waals surface area contributed by atoms with E-state index >= 15 is 0 Å². The molecule has 0 spiro atoms. The van der Waals surface area contributed by atoms with Crippen molar-refractivity contribution in [2.45, 2.75) is 20.3 Å². The van der Waals surface area contributed by atoms with Crippen LogP contribution in [0.25, 0.3) is 0 Å². The van der Waals surface area contributed by atoms with E-state index in [1.54, 1.807) is 0 Å². The lowest BCUT2D eigenvalue weighted by Gasteiger charge is -1.99. The Morgan fingerprint density at radius 2 is 1.88 bits per heavy atom. The van der Waals surface area contributed by atoms with Gasteiger partial charge in [-0.3, -0.25) is 4.79 Å². The Labute approximate surface area is 114 Å². The fourth-order valence-electron chi connectivity index (χ4n) is 1.58. The Balaban J connectivity index is 2.14. The summed E-state index contributed by atoms with van der Waals surface area (Å²) in [6.07, 6.45) is 0.479. The van der Waals surface area contributed by atoms with Crippen molar-refractivity contribution in [2.75, 3.05) is 0 Å². The van der Waals surface area contributed by atoms with Gasteiger partial charge in [0, 0.05) is 6.42 Å². The first kappa shape index (κ1) is 12.5. The Morgan fingerprint density at radius 1 is 1.24 bits per heavy atom. The number of benzene rings is 1. The number of hydrogen-bond donors (Lipinski definition) is 0. The average molecular weight is 309 g/mol. The van der Waals surface area contributed by atoms with Crippen LogP contribution < -0.4 is 0 Å². The third-order valence-corrected chi connectivity index (χ3v) is 4.79. The second-order valence-corrected chi connectivity index (χ2v) is 6.52. The summed E-state index contributed by atoms with van der Waals surface area (Å²) in [5.74, 6) is 0.188. The molecule has 0 saturated heterocycles. The molecule has 0 aliphatic heterocycles. The fraction of sp³-hybridized carbons (Fsp3) is 0.214. The molecule has 0 saturated carbocycles. The molecule has 2 aromatic rings. The predicted octanol–water partition coefficient (Wildman–Crippen LogP) is 4.55. The zero-order chi connectivity index (χ0) is 12.4. The number of hydrogen-bond acceptors (Lipinski definition) is 2. The van der Waals surface area contributed by atoms with E-state index in [4.69, 9.17) is 0 Å². The molecular weight excluding hydrogens is 296 g/mol. The minimum atomic E-state index is 0.188. The van der Waals surface area contributed by atoms with Gasteiger partial charge in [0.25, 0.3) is 0 Å². The van der Waals surface area contributed by atoms with Gasteiger partial charge in [-0.15, -0.1) is 11.3 Å². The zero-order valence-electron chi connectivity index (χ0n) is 9.79. The molecular formula is C14H13BrOS. The van der Waals surface area contributed by atoms with Gasteiger partial charge in [0.1, 0.15) is 0 Å². The number of thiophene rings is 1. The standard InChI is InChI=1S/C14H13BrOS/c1-9-3-5-11(6-4-9)8-12(16)13-7-10(2)14(15)17-13/h3-7H,8H2,1-2H3. The van der Waals surface area contributed by atoms with E-state index < -0.39 is 0 Å². The third kappa shape index (κ3) is 3.05. The van der Waals surface area contributed by atoms with E-state index in [1.165, 1.54) is 16.9 Å². The van der Waals surface area contributed by atoms with Crippen molar-refractivity contribution in [3.05, 3.63) is 55.7 Å². The van der Waals surface area contributed by atoms with Crippen molar-refractivity contribution < 1.29 is 4.79 Å². The minimum Gasteiger partial charge on any atom is -0.293 e. The maximum absolute atomic E-state index is 12.1. The van der Waals surface area contributed by atoms with E-state index in [-0.39, 0.29) is 5.78 Å². The first-order chi connectivity index (χ1) is 8.06. The second kappa shape index (κ2) is 5.15. The monoisotopic (exact) mass is 308 g/mol. The van der Waals surface area contributed by atoms with Crippen LogP contribution in [0.1, 0.15) is 26.4 Å². The number of halogens is 1. The van der Waals surface area contributed by atoms with Gasteiger partial charge in [0.2, 0.25) is 0 Å². The van der Waals surface area contributed by atoms with E-state index in [9.17, 15) is 4.79 Å². The first-order valence-electron chi connectivity index (χ1n) is 5.41. The van der Waals surface area contributed by atoms with Crippen LogP contribution in [-0.4, -0.2) is 5.78 Å². The Hall–Kier alpha value is -0.930. The van der Waals surface area contributed by atoms with Crippen LogP contribution in [0.3, 0.4) is 0 Å². The van der Waals surface area contributed by atoms with Gasteiger partial charge >= 0.3 is 0 Å². The number of carbonyl (C=O) groups is 1. The van der Waals surface area contributed by atoms with Gasteiger partial charge in [0.15, 0.2) is 5.78 Å². The average Bonchev–Trinajstić information content (AvgIpc) is 2.63. The van der Waals surface area contributed by atoms with Crippen LogP contribution in [0, 0.1) is 13.8 Å². The van der Waals surface area contributed by atoms with Crippen molar-refractivity contribution in [3.8, 4) is 0 Å². The summed E-state index contributed by atoms with van der Waals surface area (Å²) in [6.45, 7) is 4.05. The number of rotatable bonds is 3. The molecule has 0 amide bonds. The number of aryl methyl sites for hydroxylation is 2. The van der Waals surface area contributed by atoms with Gasteiger partial charge in [-0.05, 0) is 47.0 Å². The van der Waals surface area contributed by atoms with Gasteiger partial charge in [-0.25, -0.2) is 0 Å². The maximum Gasteiger partial charge on any atom is 0.177 e. The van der Waals surface area contributed by atoms with Crippen molar-refractivity contribution in [2.24, 2.45) is 0 Å². The van der Waals surface area contributed by atoms with E-state index in [1.807, 2.05) is 44.2 Å². The molecule has 88 valence electrons. The van der Waals surface area contributed by atoms with Crippen LogP contribution in [-0.2, 0) is 6.42 Å². The summed E-state index contributed by atoms with van der Waals surface area (Å²) >= 11 is 4.96. The van der Waals surface area contributed by atoms with E-state index in [2.05, 4.69) is 15.9 Å². The summed E-state index contributed by atoms with van der Waals surface area (Å²) in [6, 6.07) is 10.1.